The molecule has 0 aliphatic carbocycles. The van der Waals surface area contributed by atoms with E-state index in [1.54, 1.807) is 0 Å². The summed E-state index contributed by atoms with van der Waals surface area (Å²) in [5.74, 6) is 1.03. The summed E-state index contributed by atoms with van der Waals surface area (Å²) in [5, 5.41) is 4.81. The van der Waals surface area contributed by atoms with Gasteiger partial charge in [0.25, 0.3) is 0 Å². The first kappa shape index (κ1) is 14.3. The highest BCUT2D eigenvalue weighted by Gasteiger charge is 2.14. The van der Waals surface area contributed by atoms with E-state index < -0.39 is 0 Å². The van der Waals surface area contributed by atoms with E-state index in [1.807, 2.05) is 6.07 Å². The third kappa shape index (κ3) is 3.53. The van der Waals surface area contributed by atoms with Gasteiger partial charge in [-0.2, -0.15) is 0 Å². The summed E-state index contributed by atoms with van der Waals surface area (Å²) >= 11 is 0. The Morgan fingerprint density at radius 1 is 1.19 bits per heavy atom. The highest BCUT2D eigenvalue weighted by molar-refractivity contribution is 5.81. The summed E-state index contributed by atoms with van der Waals surface area (Å²) in [6.07, 6.45) is 4.09. The van der Waals surface area contributed by atoms with E-state index in [0.717, 1.165) is 17.9 Å². The molecular weight excluding hydrogens is 258 g/mol. The summed E-state index contributed by atoms with van der Waals surface area (Å²) in [4.78, 5) is 7.35. The number of nitrogens with one attached hydrogen (secondary N) is 1. The van der Waals surface area contributed by atoms with Gasteiger partial charge in [-0.3, -0.25) is 0 Å². The smallest absolute Gasteiger partial charge is 0.129 e. The molecule has 1 unspecified atom stereocenters. The van der Waals surface area contributed by atoms with E-state index in [9.17, 15) is 0 Å². The van der Waals surface area contributed by atoms with E-state index in [1.165, 1.54) is 43.3 Å². The molecule has 0 saturated carbocycles. The summed E-state index contributed by atoms with van der Waals surface area (Å²) in [6, 6.07) is 11.0. The number of likely N-dealkylation sites (tertiary alicyclic amines) is 1. The van der Waals surface area contributed by atoms with Crippen LogP contribution in [0.1, 0.15) is 31.7 Å². The summed E-state index contributed by atoms with van der Waals surface area (Å²) in [7, 11) is 0. The van der Waals surface area contributed by atoms with Gasteiger partial charge >= 0.3 is 0 Å². The Bertz CT molecular complexity index is 602. The van der Waals surface area contributed by atoms with E-state index in [2.05, 4.69) is 48.3 Å². The van der Waals surface area contributed by atoms with Gasteiger partial charge in [0, 0.05) is 18.0 Å². The van der Waals surface area contributed by atoms with E-state index >= 15 is 0 Å². The predicted molar refractivity (Wildman–Crippen MR) is 89.9 cm³/mol. The summed E-state index contributed by atoms with van der Waals surface area (Å²) in [5.41, 5.74) is 2.29. The fraction of sp³-hybridized carbons (Fsp3) is 0.500. The predicted octanol–water partition coefficient (Wildman–Crippen LogP) is 3.83. The van der Waals surface area contributed by atoms with Crippen molar-refractivity contribution >= 4 is 16.7 Å². The monoisotopic (exact) mass is 283 g/mol. The normalized spacial score (nSPS) is 17.8. The Labute approximate surface area is 127 Å². The third-order valence-corrected chi connectivity index (χ3v) is 4.28. The number of para-hydroxylation sites is 1. The number of fused-ring (bicyclic) bond motifs is 1. The fourth-order valence-electron chi connectivity index (χ4n) is 3.18. The van der Waals surface area contributed by atoms with Crippen molar-refractivity contribution in [2.24, 2.45) is 0 Å². The van der Waals surface area contributed by atoms with Crippen LogP contribution in [-0.4, -0.2) is 35.6 Å². The lowest BCUT2D eigenvalue weighted by molar-refractivity contribution is 0.223. The molecule has 1 saturated heterocycles. The van der Waals surface area contributed by atoms with Gasteiger partial charge in [0.2, 0.25) is 0 Å². The number of anilines is 1. The highest BCUT2D eigenvalue weighted by Crippen LogP contribution is 2.20. The molecule has 0 bridgehead atoms. The van der Waals surface area contributed by atoms with Crippen molar-refractivity contribution in [3.05, 3.63) is 35.9 Å². The highest BCUT2D eigenvalue weighted by atomic mass is 15.2. The van der Waals surface area contributed by atoms with Crippen molar-refractivity contribution in [1.82, 2.24) is 9.88 Å². The lowest BCUT2D eigenvalue weighted by Gasteiger charge is -2.29. The van der Waals surface area contributed by atoms with Crippen LogP contribution in [0.15, 0.2) is 30.3 Å². The lowest BCUT2D eigenvalue weighted by Crippen LogP contribution is -2.38. The first-order valence-electron chi connectivity index (χ1n) is 8.07. The van der Waals surface area contributed by atoms with Crippen molar-refractivity contribution in [2.45, 2.75) is 39.2 Å². The summed E-state index contributed by atoms with van der Waals surface area (Å²) < 4.78 is 0. The van der Waals surface area contributed by atoms with Crippen LogP contribution in [0.4, 0.5) is 5.82 Å². The van der Waals surface area contributed by atoms with Crippen LogP contribution in [0.2, 0.25) is 0 Å². The van der Waals surface area contributed by atoms with Crippen LogP contribution < -0.4 is 5.32 Å². The van der Waals surface area contributed by atoms with Crippen molar-refractivity contribution in [2.75, 3.05) is 25.0 Å². The fourth-order valence-corrected chi connectivity index (χ4v) is 3.18. The van der Waals surface area contributed by atoms with Gasteiger partial charge in [-0.15, -0.1) is 0 Å². The van der Waals surface area contributed by atoms with Gasteiger partial charge in [0.1, 0.15) is 5.82 Å². The zero-order valence-corrected chi connectivity index (χ0v) is 13.1. The second kappa shape index (κ2) is 6.44. The minimum absolute atomic E-state index is 0.426. The molecule has 3 nitrogen and oxygen atoms in total. The van der Waals surface area contributed by atoms with Crippen molar-refractivity contribution in [3.8, 4) is 0 Å². The molecule has 1 atom stereocenters. The van der Waals surface area contributed by atoms with Crippen LogP contribution in [0, 0.1) is 6.92 Å². The first-order chi connectivity index (χ1) is 10.2. The second-order valence-electron chi connectivity index (χ2n) is 6.25. The quantitative estimate of drug-likeness (QED) is 0.924. The largest absolute Gasteiger partial charge is 0.366 e. The molecular formula is C18H25N3. The Hall–Kier alpha value is -1.61. The maximum Gasteiger partial charge on any atom is 0.129 e. The minimum Gasteiger partial charge on any atom is -0.366 e. The van der Waals surface area contributed by atoms with Gasteiger partial charge in [-0.05, 0) is 57.5 Å². The van der Waals surface area contributed by atoms with Crippen molar-refractivity contribution < 1.29 is 0 Å². The molecule has 1 aromatic carbocycles. The molecule has 1 aliphatic heterocycles. The molecule has 2 heterocycles. The second-order valence-corrected chi connectivity index (χ2v) is 6.25. The summed E-state index contributed by atoms with van der Waals surface area (Å²) in [6.45, 7) is 7.99. The maximum atomic E-state index is 4.78. The molecule has 0 spiro atoms. The number of aromatic nitrogens is 1. The molecule has 1 N–H and O–H groups in total. The zero-order valence-electron chi connectivity index (χ0n) is 13.1. The number of aryl methyl sites for hydroxylation is 1. The number of pyridine rings is 1. The zero-order chi connectivity index (χ0) is 14.7. The molecule has 1 fully saturated rings. The van der Waals surface area contributed by atoms with Gasteiger partial charge in [-0.25, -0.2) is 4.98 Å². The van der Waals surface area contributed by atoms with Crippen LogP contribution in [0.25, 0.3) is 10.9 Å². The lowest BCUT2D eigenvalue weighted by atomic mass is 10.1. The average molecular weight is 283 g/mol. The van der Waals surface area contributed by atoms with Crippen molar-refractivity contribution in [1.29, 1.82) is 0 Å². The minimum atomic E-state index is 0.426. The topological polar surface area (TPSA) is 28.2 Å². The average Bonchev–Trinajstić information content (AvgIpc) is 2.49. The van der Waals surface area contributed by atoms with Gasteiger partial charge < -0.3 is 10.2 Å². The Morgan fingerprint density at radius 3 is 2.76 bits per heavy atom. The third-order valence-electron chi connectivity index (χ3n) is 4.28. The standard InChI is InChI=1S/C18H25N3/c1-14-12-16-8-4-5-9-17(16)20-18(14)19-15(2)13-21-10-6-3-7-11-21/h4-5,8-9,12,15H,3,6-7,10-11,13H2,1-2H3,(H,19,20). The maximum absolute atomic E-state index is 4.78. The number of benzene rings is 1. The van der Waals surface area contributed by atoms with Crippen LogP contribution >= 0.6 is 0 Å². The Morgan fingerprint density at radius 2 is 1.95 bits per heavy atom. The molecule has 0 amide bonds. The van der Waals surface area contributed by atoms with Crippen LogP contribution in [0.5, 0.6) is 0 Å². The Kier molecular flexibility index (Phi) is 4.39. The SMILES string of the molecule is Cc1cc2ccccc2nc1NC(C)CN1CCCCC1. The molecule has 1 aliphatic rings. The van der Waals surface area contributed by atoms with Gasteiger partial charge in [0.15, 0.2) is 0 Å². The number of hydrogen-bond donors (Lipinski definition) is 1. The molecule has 3 rings (SSSR count). The van der Waals surface area contributed by atoms with Crippen LogP contribution in [0.3, 0.4) is 0 Å². The van der Waals surface area contributed by atoms with Crippen molar-refractivity contribution in [3.63, 3.8) is 0 Å². The molecule has 21 heavy (non-hydrogen) atoms. The molecule has 1 aromatic heterocycles. The van der Waals surface area contributed by atoms with Gasteiger partial charge in [0.05, 0.1) is 5.52 Å². The number of hydrogen-bond acceptors (Lipinski definition) is 3. The van der Waals surface area contributed by atoms with E-state index in [0.29, 0.717) is 6.04 Å². The Balaban J connectivity index is 1.70. The van der Waals surface area contributed by atoms with E-state index in [4.69, 9.17) is 4.98 Å². The molecule has 2 aromatic rings. The number of nitrogens with zero attached hydrogens (tertiary/aromatic N) is 2. The first-order valence-corrected chi connectivity index (χ1v) is 8.07. The molecule has 112 valence electrons. The molecule has 0 radical (unpaired) electrons. The number of piperidine rings is 1. The molecule has 3 heteroatoms. The van der Waals surface area contributed by atoms with E-state index in [-0.39, 0.29) is 0 Å². The number of rotatable bonds is 4. The van der Waals surface area contributed by atoms with Gasteiger partial charge in [-0.1, -0.05) is 24.6 Å². The van der Waals surface area contributed by atoms with Crippen LogP contribution in [-0.2, 0) is 0 Å².